The highest BCUT2D eigenvalue weighted by molar-refractivity contribution is 7.99. The lowest BCUT2D eigenvalue weighted by Gasteiger charge is -2.36. The average molecular weight is 493 g/mol. The molecule has 31 heavy (non-hydrogen) atoms. The summed E-state index contributed by atoms with van der Waals surface area (Å²) in [5.41, 5.74) is 8.02. The van der Waals surface area contributed by atoms with Gasteiger partial charge in [0.2, 0.25) is 0 Å². The monoisotopic (exact) mass is 491 g/mol. The second kappa shape index (κ2) is 10.1. The zero-order valence-electron chi connectivity index (χ0n) is 16.8. The van der Waals surface area contributed by atoms with Crippen LogP contribution in [0.15, 0.2) is 66.1 Å². The summed E-state index contributed by atoms with van der Waals surface area (Å²) >= 11 is 19.5. The molecular formula is C22H23Cl2N5S2. The third kappa shape index (κ3) is 5.66. The molecule has 0 bridgehead atoms. The van der Waals surface area contributed by atoms with Crippen LogP contribution >= 0.6 is 47.2 Å². The first kappa shape index (κ1) is 22.3. The molecule has 0 radical (unpaired) electrons. The molecule has 2 aromatic carbocycles. The van der Waals surface area contributed by atoms with Gasteiger partial charge in [0.25, 0.3) is 0 Å². The molecule has 2 heterocycles. The number of halogens is 2. The SMILES string of the molecule is NC(=S)N1CCN(c2ccc(SC(Cn3ccnc3)c3ccc(Cl)cc3Cl)cc2)CC1. The Kier molecular flexibility index (Phi) is 7.27. The van der Waals surface area contributed by atoms with Gasteiger partial charge in [-0.05, 0) is 54.2 Å². The number of hydrogen-bond donors (Lipinski definition) is 1. The van der Waals surface area contributed by atoms with Gasteiger partial charge in [0, 0.05) is 65.7 Å². The number of thiocarbonyl (C=S) groups is 1. The van der Waals surface area contributed by atoms with E-state index < -0.39 is 0 Å². The molecule has 1 unspecified atom stereocenters. The maximum Gasteiger partial charge on any atom is 0.166 e. The Bertz CT molecular complexity index is 1020. The molecule has 0 aliphatic carbocycles. The minimum Gasteiger partial charge on any atom is -0.376 e. The van der Waals surface area contributed by atoms with Crippen molar-refractivity contribution < 1.29 is 0 Å². The number of nitrogens with two attached hydrogens (primary N) is 1. The summed E-state index contributed by atoms with van der Waals surface area (Å²) in [7, 11) is 0. The Hall–Kier alpha value is -1.93. The first-order valence-corrected chi connectivity index (χ1v) is 12.0. The van der Waals surface area contributed by atoms with E-state index in [-0.39, 0.29) is 5.25 Å². The normalized spacial score (nSPS) is 15.2. The molecule has 0 saturated carbocycles. The van der Waals surface area contributed by atoms with Crippen LogP contribution in [0.4, 0.5) is 5.69 Å². The lowest BCUT2D eigenvalue weighted by molar-refractivity contribution is 0.388. The first-order valence-electron chi connectivity index (χ1n) is 9.96. The smallest absolute Gasteiger partial charge is 0.166 e. The zero-order chi connectivity index (χ0) is 21.8. The lowest BCUT2D eigenvalue weighted by Crippen LogP contribution is -2.50. The Morgan fingerprint density at radius 1 is 1.10 bits per heavy atom. The van der Waals surface area contributed by atoms with Crippen LogP contribution in [0.2, 0.25) is 10.0 Å². The molecule has 0 spiro atoms. The van der Waals surface area contributed by atoms with Crippen molar-refractivity contribution in [1.29, 1.82) is 0 Å². The number of thioether (sulfide) groups is 1. The van der Waals surface area contributed by atoms with Gasteiger partial charge in [-0.1, -0.05) is 29.3 Å². The summed E-state index contributed by atoms with van der Waals surface area (Å²) in [5.74, 6) is 0. The van der Waals surface area contributed by atoms with Crippen molar-refractivity contribution in [2.45, 2.75) is 16.7 Å². The summed E-state index contributed by atoms with van der Waals surface area (Å²) < 4.78 is 2.07. The van der Waals surface area contributed by atoms with Crippen molar-refractivity contribution in [2.24, 2.45) is 5.73 Å². The van der Waals surface area contributed by atoms with Crippen LogP contribution < -0.4 is 10.6 Å². The Morgan fingerprint density at radius 2 is 1.84 bits per heavy atom. The van der Waals surface area contributed by atoms with Crippen LogP contribution in [0.5, 0.6) is 0 Å². The molecule has 9 heteroatoms. The van der Waals surface area contributed by atoms with Crippen molar-refractivity contribution >= 4 is 58.0 Å². The number of aromatic nitrogens is 2. The van der Waals surface area contributed by atoms with Crippen molar-refractivity contribution in [1.82, 2.24) is 14.5 Å². The van der Waals surface area contributed by atoms with Gasteiger partial charge in [-0.3, -0.25) is 0 Å². The van der Waals surface area contributed by atoms with E-state index in [9.17, 15) is 0 Å². The quantitative estimate of drug-likeness (QED) is 0.382. The number of benzene rings is 2. The second-order valence-corrected chi connectivity index (χ2v) is 9.88. The number of nitrogens with zero attached hydrogens (tertiary/aromatic N) is 4. The zero-order valence-corrected chi connectivity index (χ0v) is 20.0. The van der Waals surface area contributed by atoms with Crippen LogP contribution in [0.3, 0.4) is 0 Å². The maximum absolute atomic E-state index is 6.54. The van der Waals surface area contributed by atoms with E-state index in [0.717, 1.165) is 38.3 Å². The topological polar surface area (TPSA) is 50.3 Å². The highest BCUT2D eigenvalue weighted by atomic mass is 35.5. The molecule has 4 rings (SSSR count). The number of hydrogen-bond acceptors (Lipinski definition) is 4. The third-order valence-electron chi connectivity index (χ3n) is 5.32. The van der Waals surface area contributed by atoms with E-state index in [0.29, 0.717) is 15.2 Å². The van der Waals surface area contributed by atoms with Gasteiger partial charge in [0.05, 0.1) is 11.6 Å². The van der Waals surface area contributed by atoms with Crippen molar-refractivity contribution in [3.63, 3.8) is 0 Å². The summed E-state index contributed by atoms with van der Waals surface area (Å²) in [6.45, 7) is 4.29. The fraction of sp³-hybridized carbons (Fsp3) is 0.273. The van der Waals surface area contributed by atoms with Crippen LogP contribution in [0.1, 0.15) is 10.8 Å². The molecule has 1 atom stereocenters. The van der Waals surface area contributed by atoms with Crippen LogP contribution in [-0.4, -0.2) is 45.7 Å². The summed E-state index contributed by atoms with van der Waals surface area (Å²) in [6.07, 6.45) is 5.58. The molecule has 5 nitrogen and oxygen atoms in total. The minimum absolute atomic E-state index is 0.124. The lowest BCUT2D eigenvalue weighted by atomic mass is 10.1. The number of rotatable bonds is 6. The van der Waals surface area contributed by atoms with E-state index in [2.05, 4.69) is 38.7 Å². The fourth-order valence-corrected chi connectivity index (χ4v) is 5.62. The molecule has 162 valence electrons. The van der Waals surface area contributed by atoms with Crippen molar-refractivity contribution in [3.8, 4) is 0 Å². The number of imidazole rings is 1. The van der Waals surface area contributed by atoms with Crippen molar-refractivity contribution in [2.75, 3.05) is 31.1 Å². The van der Waals surface area contributed by atoms with E-state index in [1.807, 2.05) is 29.6 Å². The molecule has 1 aliphatic rings. The Morgan fingerprint density at radius 3 is 2.45 bits per heavy atom. The molecule has 1 aliphatic heterocycles. The van der Waals surface area contributed by atoms with Crippen LogP contribution in [0, 0.1) is 0 Å². The molecule has 3 aromatic rings. The minimum atomic E-state index is 0.124. The van der Waals surface area contributed by atoms with Crippen LogP contribution in [0.25, 0.3) is 0 Å². The number of piperazine rings is 1. The summed E-state index contributed by atoms with van der Waals surface area (Å²) in [4.78, 5) is 9.76. The summed E-state index contributed by atoms with van der Waals surface area (Å²) in [5, 5.41) is 1.92. The van der Waals surface area contributed by atoms with E-state index >= 15 is 0 Å². The molecule has 1 aromatic heterocycles. The highest BCUT2D eigenvalue weighted by Gasteiger charge is 2.20. The van der Waals surface area contributed by atoms with Crippen molar-refractivity contribution in [3.05, 3.63) is 76.8 Å². The van der Waals surface area contributed by atoms with Gasteiger partial charge >= 0.3 is 0 Å². The van der Waals surface area contributed by atoms with Gasteiger partial charge in [-0.15, -0.1) is 11.8 Å². The predicted octanol–water partition coefficient (Wildman–Crippen LogP) is 5.09. The Labute approximate surface area is 202 Å². The largest absolute Gasteiger partial charge is 0.376 e. The van der Waals surface area contributed by atoms with Gasteiger partial charge in [-0.2, -0.15) is 0 Å². The fourth-order valence-electron chi connectivity index (χ4n) is 3.63. The van der Waals surface area contributed by atoms with E-state index in [4.69, 9.17) is 41.2 Å². The third-order valence-corrected chi connectivity index (χ3v) is 7.37. The van der Waals surface area contributed by atoms with Gasteiger partial charge in [0.1, 0.15) is 0 Å². The maximum atomic E-state index is 6.54. The standard InChI is InChI=1S/C22H23Cl2N5S2/c23-16-1-6-19(20(24)13-16)21(14-27-8-7-26-15-27)31-18-4-2-17(3-5-18)28-9-11-29(12-10-28)22(25)30/h1-8,13,15,21H,9-12,14H2,(H2,25,30). The molecule has 0 amide bonds. The first-order chi connectivity index (χ1) is 15.0. The summed E-state index contributed by atoms with van der Waals surface area (Å²) in [6, 6.07) is 14.4. The van der Waals surface area contributed by atoms with Gasteiger partial charge in [0.15, 0.2) is 5.11 Å². The highest BCUT2D eigenvalue weighted by Crippen LogP contribution is 2.40. The van der Waals surface area contributed by atoms with Crippen LogP contribution in [-0.2, 0) is 6.54 Å². The average Bonchev–Trinajstić information content (AvgIpc) is 3.27. The second-order valence-electron chi connectivity index (χ2n) is 7.34. The van der Waals surface area contributed by atoms with Gasteiger partial charge < -0.3 is 20.1 Å². The molecule has 2 N–H and O–H groups in total. The molecule has 1 fully saturated rings. The molecular weight excluding hydrogens is 469 g/mol. The van der Waals surface area contributed by atoms with E-state index in [1.54, 1.807) is 24.0 Å². The van der Waals surface area contributed by atoms with E-state index in [1.165, 1.54) is 10.6 Å². The Balaban J connectivity index is 1.48. The number of anilines is 1. The molecule has 1 saturated heterocycles. The van der Waals surface area contributed by atoms with Gasteiger partial charge in [-0.25, -0.2) is 4.98 Å². The predicted molar refractivity (Wildman–Crippen MR) is 134 cm³/mol.